The van der Waals surface area contributed by atoms with Crippen LogP contribution in [-0.4, -0.2) is 35.4 Å². The summed E-state index contributed by atoms with van der Waals surface area (Å²) < 4.78 is 5.68. The van der Waals surface area contributed by atoms with Gasteiger partial charge < -0.3 is 15.0 Å². The van der Waals surface area contributed by atoms with Crippen LogP contribution in [0, 0.1) is 0 Å². The van der Waals surface area contributed by atoms with E-state index in [0.717, 1.165) is 25.7 Å². The van der Waals surface area contributed by atoms with Crippen molar-refractivity contribution in [1.82, 2.24) is 10.2 Å². The highest BCUT2D eigenvalue weighted by molar-refractivity contribution is 6.35. The van der Waals surface area contributed by atoms with E-state index in [9.17, 15) is 9.59 Å². The van der Waals surface area contributed by atoms with E-state index in [0.29, 0.717) is 37.8 Å². The SMILES string of the molecule is CC[C@@H](C(=O)NC1CCCCC1)N(Cc1ccc(Cl)cc1Cl)C(=O)COc1ccc(Cl)cc1Cl. The molecule has 1 fully saturated rings. The van der Waals surface area contributed by atoms with Crippen LogP contribution in [0.25, 0.3) is 0 Å². The molecule has 0 saturated heterocycles. The van der Waals surface area contributed by atoms with Crippen LogP contribution in [0.1, 0.15) is 51.0 Å². The molecule has 0 bridgehead atoms. The maximum Gasteiger partial charge on any atom is 0.261 e. The van der Waals surface area contributed by atoms with Crippen molar-refractivity contribution < 1.29 is 14.3 Å². The topological polar surface area (TPSA) is 58.6 Å². The summed E-state index contributed by atoms with van der Waals surface area (Å²) in [6.45, 7) is 1.73. The standard InChI is InChI=1S/C25H28Cl4N2O3/c1-2-22(25(33)30-19-6-4-3-5-7-19)31(14-16-8-9-17(26)12-20(16)28)24(32)15-34-23-11-10-18(27)13-21(23)29/h8-13,19,22H,2-7,14-15H2,1H3,(H,30,33)/t22-/m0/s1. The van der Waals surface area contributed by atoms with Crippen LogP contribution >= 0.6 is 46.4 Å². The van der Waals surface area contributed by atoms with Crippen molar-refractivity contribution >= 4 is 58.2 Å². The van der Waals surface area contributed by atoms with E-state index in [-0.39, 0.29) is 31.0 Å². The Morgan fingerprint density at radius 1 is 1.00 bits per heavy atom. The normalized spacial score (nSPS) is 15.0. The van der Waals surface area contributed by atoms with Crippen LogP contribution in [0.15, 0.2) is 36.4 Å². The Morgan fingerprint density at radius 2 is 1.65 bits per heavy atom. The molecule has 9 heteroatoms. The van der Waals surface area contributed by atoms with Crippen molar-refractivity contribution in [2.75, 3.05) is 6.61 Å². The summed E-state index contributed by atoms with van der Waals surface area (Å²) in [4.78, 5) is 28.1. The average Bonchev–Trinajstić information content (AvgIpc) is 2.80. The Balaban J connectivity index is 1.80. The van der Waals surface area contributed by atoms with Gasteiger partial charge >= 0.3 is 0 Å². The number of nitrogens with zero attached hydrogens (tertiary/aromatic N) is 1. The van der Waals surface area contributed by atoms with Gasteiger partial charge in [-0.25, -0.2) is 0 Å². The lowest BCUT2D eigenvalue weighted by molar-refractivity contribution is -0.143. The van der Waals surface area contributed by atoms with Crippen molar-refractivity contribution in [1.29, 1.82) is 0 Å². The molecule has 2 aromatic carbocycles. The molecule has 0 radical (unpaired) electrons. The van der Waals surface area contributed by atoms with Gasteiger partial charge in [-0.3, -0.25) is 9.59 Å². The van der Waals surface area contributed by atoms with Crippen molar-refractivity contribution in [3.63, 3.8) is 0 Å². The molecule has 34 heavy (non-hydrogen) atoms. The number of nitrogens with one attached hydrogen (secondary N) is 1. The molecule has 1 saturated carbocycles. The van der Waals surface area contributed by atoms with Crippen molar-refractivity contribution in [2.24, 2.45) is 0 Å². The molecular weight excluding hydrogens is 518 g/mol. The Bertz CT molecular complexity index is 1010. The first-order chi connectivity index (χ1) is 16.3. The molecule has 0 spiro atoms. The number of carbonyl (C=O) groups is 2. The number of hydrogen-bond donors (Lipinski definition) is 1. The Labute approximate surface area is 220 Å². The lowest BCUT2D eigenvalue weighted by Gasteiger charge is -2.33. The first kappa shape index (κ1) is 26.9. The van der Waals surface area contributed by atoms with Gasteiger partial charge in [0.1, 0.15) is 11.8 Å². The molecule has 1 aliphatic carbocycles. The first-order valence-corrected chi connectivity index (χ1v) is 12.9. The monoisotopic (exact) mass is 544 g/mol. The van der Waals surface area contributed by atoms with Crippen LogP contribution in [0.2, 0.25) is 20.1 Å². The van der Waals surface area contributed by atoms with Crippen LogP contribution in [-0.2, 0) is 16.1 Å². The number of carbonyl (C=O) groups excluding carboxylic acids is 2. The molecule has 1 N–H and O–H groups in total. The fraction of sp³-hybridized carbons (Fsp3) is 0.440. The minimum atomic E-state index is -0.675. The second-order valence-corrected chi connectivity index (χ2v) is 10.1. The third kappa shape index (κ3) is 7.42. The van der Waals surface area contributed by atoms with Gasteiger partial charge in [0.2, 0.25) is 5.91 Å². The van der Waals surface area contributed by atoms with E-state index in [1.54, 1.807) is 36.4 Å². The lowest BCUT2D eigenvalue weighted by Crippen LogP contribution is -2.52. The van der Waals surface area contributed by atoms with E-state index in [2.05, 4.69) is 5.32 Å². The fourth-order valence-electron chi connectivity index (χ4n) is 4.11. The van der Waals surface area contributed by atoms with Crippen molar-refractivity contribution in [3.8, 4) is 5.75 Å². The van der Waals surface area contributed by atoms with E-state index in [4.69, 9.17) is 51.1 Å². The Morgan fingerprint density at radius 3 is 2.26 bits per heavy atom. The third-order valence-corrected chi connectivity index (χ3v) is 7.06. The van der Waals surface area contributed by atoms with E-state index < -0.39 is 6.04 Å². The highest BCUT2D eigenvalue weighted by atomic mass is 35.5. The van der Waals surface area contributed by atoms with Crippen LogP contribution < -0.4 is 10.1 Å². The van der Waals surface area contributed by atoms with Gasteiger partial charge in [-0.2, -0.15) is 0 Å². The molecule has 5 nitrogen and oxygen atoms in total. The summed E-state index contributed by atoms with van der Waals surface area (Å²) in [5.74, 6) is -0.191. The summed E-state index contributed by atoms with van der Waals surface area (Å²) in [5.41, 5.74) is 0.688. The summed E-state index contributed by atoms with van der Waals surface area (Å²) in [6, 6.07) is 9.32. The maximum atomic E-state index is 13.4. The molecule has 2 amide bonds. The molecule has 0 aliphatic heterocycles. The molecule has 184 valence electrons. The summed E-state index contributed by atoms with van der Waals surface area (Å²) >= 11 is 24.5. The summed E-state index contributed by atoms with van der Waals surface area (Å²) in [5, 5.41) is 4.83. The van der Waals surface area contributed by atoms with E-state index in [1.165, 1.54) is 11.3 Å². The molecular formula is C25H28Cl4N2O3. The van der Waals surface area contributed by atoms with Crippen LogP contribution in [0.4, 0.5) is 0 Å². The maximum absolute atomic E-state index is 13.4. The van der Waals surface area contributed by atoms with Crippen LogP contribution in [0.3, 0.4) is 0 Å². The average molecular weight is 546 g/mol. The molecule has 1 aliphatic rings. The van der Waals surface area contributed by atoms with Crippen molar-refractivity contribution in [2.45, 2.75) is 64.1 Å². The molecule has 0 unspecified atom stereocenters. The van der Waals surface area contributed by atoms with Crippen LogP contribution in [0.5, 0.6) is 5.75 Å². The van der Waals surface area contributed by atoms with E-state index in [1.807, 2.05) is 6.92 Å². The van der Waals surface area contributed by atoms with Gasteiger partial charge in [0.05, 0.1) is 5.02 Å². The molecule has 2 aromatic rings. The number of amides is 2. The second kappa shape index (κ2) is 12.9. The number of rotatable bonds is 9. The second-order valence-electron chi connectivity index (χ2n) is 8.39. The number of ether oxygens (including phenoxy) is 1. The summed E-state index contributed by atoms with van der Waals surface area (Å²) in [6.07, 6.45) is 5.74. The lowest BCUT2D eigenvalue weighted by atomic mass is 9.95. The first-order valence-electron chi connectivity index (χ1n) is 11.4. The highest BCUT2D eigenvalue weighted by Crippen LogP contribution is 2.28. The zero-order chi connectivity index (χ0) is 24.7. The zero-order valence-electron chi connectivity index (χ0n) is 19.0. The minimum absolute atomic E-state index is 0.135. The third-order valence-electron chi connectivity index (χ3n) is 5.94. The largest absolute Gasteiger partial charge is 0.482 e. The molecule has 0 heterocycles. The van der Waals surface area contributed by atoms with Gasteiger partial charge in [0.25, 0.3) is 5.91 Å². The van der Waals surface area contributed by atoms with Gasteiger partial charge in [-0.05, 0) is 55.2 Å². The zero-order valence-corrected chi connectivity index (χ0v) is 22.0. The fourth-order valence-corrected chi connectivity index (χ4v) is 5.04. The van der Waals surface area contributed by atoms with Gasteiger partial charge in [-0.1, -0.05) is 78.7 Å². The number of benzene rings is 2. The smallest absolute Gasteiger partial charge is 0.261 e. The predicted molar refractivity (Wildman–Crippen MR) is 138 cm³/mol. The van der Waals surface area contributed by atoms with E-state index >= 15 is 0 Å². The quantitative estimate of drug-likeness (QED) is 0.371. The Kier molecular flexibility index (Phi) is 10.2. The van der Waals surface area contributed by atoms with Crippen molar-refractivity contribution in [3.05, 3.63) is 62.1 Å². The number of hydrogen-bond acceptors (Lipinski definition) is 3. The number of halogens is 4. The Hall–Kier alpha value is -1.66. The molecule has 3 rings (SSSR count). The molecule has 1 atom stereocenters. The van der Waals surface area contributed by atoms with Gasteiger partial charge in [-0.15, -0.1) is 0 Å². The van der Waals surface area contributed by atoms with Gasteiger partial charge in [0.15, 0.2) is 6.61 Å². The molecule has 0 aromatic heterocycles. The summed E-state index contributed by atoms with van der Waals surface area (Å²) in [7, 11) is 0. The highest BCUT2D eigenvalue weighted by Gasteiger charge is 2.31. The minimum Gasteiger partial charge on any atom is -0.482 e. The van der Waals surface area contributed by atoms with Gasteiger partial charge in [0, 0.05) is 27.7 Å². The predicted octanol–water partition coefficient (Wildman–Crippen LogP) is 6.94.